The fourth-order valence-corrected chi connectivity index (χ4v) is 5.93. The predicted molar refractivity (Wildman–Crippen MR) is 164 cm³/mol. The Balaban J connectivity index is 2.22. The molecule has 4 heteroatoms. The van der Waals surface area contributed by atoms with E-state index in [4.69, 9.17) is 9.47 Å². The van der Waals surface area contributed by atoms with E-state index >= 15 is 0 Å². The second kappa shape index (κ2) is 14.5. The first-order valence-corrected chi connectivity index (χ1v) is 15.1. The molecule has 0 spiro atoms. The maximum atomic E-state index is 14.5. The van der Waals surface area contributed by atoms with Crippen LogP contribution in [0.25, 0.3) is 0 Å². The predicted octanol–water partition coefficient (Wildman–Crippen LogP) is 9.32. The number of aryl methyl sites for hydroxylation is 6. The molecule has 0 radical (unpaired) electrons. The molecule has 0 aromatic heterocycles. The number of Topliss-reactive ketones (excluding diaryl/α,β-unsaturated/α-hetero) is 2. The number of carbonyl (C=O) groups is 2. The lowest BCUT2D eigenvalue weighted by Crippen LogP contribution is -2.23. The van der Waals surface area contributed by atoms with Crippen molar-refractivity contribution in [3.63, 3.8) is 0 Å². The number of ether oxygens (including phenoxy) is 2. The van der Waals surface area contributed by atoms with Crippen LogP contribution in [0.4, 0.5) is 0 Å². The van der Waals surface area contributed by atoms with Gasteiger partial charge in [0.25, 0.3) is 0 Å². The molecule has 1 aliphatic rings. The quantitative estimate of drug-likeness (QED) is 0.176. The molecule has 0 fully saturated rings. The van der Waals surface area contributed by atoms with E-state index in [1.807, 2.05) is 53.7 Å². The highest BCUT2D eigenvalue weighted by atomic mass is 16.5. The van der Waals surface area contributed by atoms with Gasteiger partial charge in [-0.05, 0) is 83.1 Å². The minimum atomic E-state index is -0.117. The molecule has 4 nitrogen and oxygen atoms in total. The second-order valence-corrected chi connectivity index (χ2v) is 11.4. The van der Waals surface area contributed by atoms with Crippen LogP contribution >= 0.6 is 0 Å². The van der Waals surface area contributed by atoms with E-state index in [9.17, 15) is 9.59 Å². The standard InChI is InChI=1S/C36H48O4/c1-9-11-13-17-39-30-16-15-29(34(37)31-25(5)19-23(3)20-26(31)6)36(40-18-14-12-10-2)33(30)35(38)32-27(7)21-24(4)22-28(32)8/h19-22H,9-18H2,1-8H3. The summed E-state index contributed by atoms with van der Waals surface area (Å²) in [6.07, 6.45) is 7.02. The lowest BCUT2D eigenvalue weighted by Gasteiger charge is -2.27. The number of hydrogen-bond donors (Lipinski definition) is 0. The minimum Gasteiger partial charge on any atom is -0.497 e. The molecule has 0 N–H and O–H groups in total. The molecule has 3 rings (SSSR count). The van der Waals surface area contributed by atoms with Crippen molar-refractivity contribution >= 4 is 11.6 Å². The Morgan fingerprint density at radius 3 is 1.55 bits per heavy atom. The highest BCUT2D eigenvalue weighted by molar-refractivity contribution is 6.17. The van der Waals surface area contributed by atoms with Crippen LogP contribution in [0.5, 0.6) is 0 Å². The van der Waals surface area contributed by atoms with Gasteiger partial charge >= 0.3 is 0 Å². The average Bonchev–Trinajstić information content (AvgIpc) is 2.87. The van der Waals surface area contributed by atoms with Crippen molar-refractivity contribution in [1.82, 2.24) is 0 Å². The molecule has 0 saturated heterocycles. The van der Waals surface area contributed by atoms with Crippen LogP contribution in [0, 0.1) is 41.5 Å². The third-order valence-electron chi connectivity index (χ3n) is 7.71. The SMILES string of the molecule is CCCCCOC1=C(C(=O)c2c(C)cc(C)cc2C)C(OCCCCC)=C(C(=O)c2c(C)cc(C)cc2C)CC1. The maximum absolute atomic E-state index is 14.5. The minimum absolute atomic E-state index is 0.0480. The van der Waals surface area contributed by atoms with Gasteiger partial charge in [0, 0.05) is 23.1 Å². The molecule has 0 unspecified atom stereocenters. The first-order chi connectivity index (χ1) is 19.1. The average molecular weight is 545 g/mol. The second-order valence-electron chi connectivity index (χ2n) is 11.4. The number of rotatable bonds is 14. The summed E-state index contributed by atoms with van der Waals surface area (Å²) in [6, 6.07) is 8.19. The van der Waals surface area contributed by atoms with E-state index in [1.54, 1.807) is 0 Å². The van der Waals surface area contributed by atoms with Crippen LogP contribution in [-0.4, -0.2) is 24.8 Å². The number of hydrogen-bond acceptors (Lipinski definition) is 4. The summed E-state index contributed by atoms with van der Waals surface area (Å²) in [5.41, 5.74) is 8.38. The highest BCUT2D eigenvalue weighted by Gasteiger charge is 2.35. The van der Waals surface area contributed by atoms with Crippen molar-refractivity contribution in [1.29, 1.82) is 0 Å². The molecule has 0 bridgehead atoms. The van der Waals surface area contributed by atoms with Crippen molar-refractivity contribution < 1.29 is 19.1 Å². The molecule has 0 heterocycles. The van der Waals surface area contributed by atoms with Crippen molar-refractivity contribution in [2.75, 3.05) is 13.2 Å². The van der Waals surface area contributed by atoms with Gasteiger partial charge in [0.05, 0.1) is 13.2 Å². The summed E-state index contributed by atoms with van der Waals surface area (Å²) in [6.45, 7) is 17.3. The van der Waals surface area contributed by atoms with Gasteiger partial charge in [0.2, 0.25) is 5.78 Å². The van der Waals surface area contributed by atoms with E-state index in [0.717, 1.165) is 71.9 Å². The van der Waals surface area contributed by atoms with Gasteiger partial charge in [0.15, 0.2) is 5.78 Å². The molecule has 0 amide bonds. The van der Waals surface area contributed by atoms with E-state index in [2.05, 4.69) is 26.0 Å². The zero-order valence-electron chi connectivity index (χ0n) is 26.0. The Hall–Kier alpha value is -3.14. The van der Waals surface area contributed by atoms with Gasteiger partial charge in [-0.1, -0.05) is 74.9 Å². The van der Waals surface area contributed by atoms with Gasteiger partial charge < -0.3 is 9.47 Å². The van der Waals surface area contributed by atoms with Gasteiger partial charge in [-0.25, -0.2) is 0 Å². The molecule has 0 atom stereocenters. The third-order valence-corrected chi connectivity index (χ3v) is 7.71. The van der Waals surface area contributed by atoms with Crippen LogP contribution in [-0.2, 0) is 9.47 Å². The molecule has 2 aromatic rings. The number of ketones is 2. The molecule has 0 saturated carbocycles. The number of carbonyl (C=O) groups excluding carboxylic acids is 2. The molecule has 40 heavy (non-hydrogen) atoms. The summed E-state index contributed by atoms with van der Waals surface area (Å²) in [7, 11) is 0. The summed E-state index contributed by atoms with van der Waals surface area (Å²) < 4.78 is 12.8. The molecular formula is C36H48O4. The Labute approximate surface area is 241 Å². The lowest BCUT2D eigenvalue weighted by atomic mass is 9.83. The zero-order valence-corrected chi connectivity index (χ0v) is 26.0. The zero-order chi connectivity index (χ0) is 29.4. The Bertz CT molecular complexity index is 1260. The van der Waals surface area contributed by atoms with Gasteiger partial charge in [-0.2, -0.15) is 0 Å². The van der Waals surface area contributed by atoms with Crippen molar-refractivity contribution in [3.05, 3.63) is 91.4 Å². The fourth-order valence-electron chi connectivity index (χ4n) is 5.93. The van der Waals surface area contributed by atoms with E-state index < -0.39 is 0 Å². The van der Waals surface area contributed by atoms with Crippen LogP contribution in [0.1, 0.15) is 119 Å². The van der Waals surface area contributed by atoms with Crippen LogP contribution < -0.4 is 0 Å². The molecular weight excluding hydrogens is 496 g/mol. The largest absolute Gasteiger partial charge is 0.497 e. The smallest absolute Gasteiger partial charge is 0.200 e. The summed E-state index contributed by atoms with van der Waals surface area (Å²) in [5, 5.41) is 0. The molecule has 2 aromatic carbocycles. The molecule has 0 aliphatic heterocycles. The van der Waals surface area contributed by atoms with Crippen LogP contribution in [0.2, 0.25) is 0 Å². The maximum Gasteiger partial charge on any atom is 0.200 e. The fraction of sp³-hybridized carbons (Fsp3) is 0.500. The highest BCUT2D eigenvalue weighted by Crippen LogP contribution is 2.38. The summed E-state index contributed by atoms with van der Waals surface area (Å²) in [5.74, 6) is 0.906. The Morgan fingerprint density at radius 1 is 0.625 bits per heavy atom. The monoisotopic (exact) mass is 544 g/mol. The van der Waals surface area contributed by atoms with Gasteiger partial charge in [-0.3, -0.25) is 9.59 Å². The van der Waals surface area contributed by atoms with Crippen LogP contribution in [0.3, 0.4) is 0 Å². The first-order valence-electron chi connectivity index (χ1n) is 15.1. The van der Waals surface area contributed by atoms with E-state index in [0.29, 0.717) is 59.8 Å². The number of benzene rings is 2. The van der Waals surface area contributed by atoms with E-state index in [-0.39, 0.29) is 11.6 Å². The van der Waals surface area contributed by atoms with Gasteiger partial charge in [0.1, 0.15) is 17.1 Å². The van der Waals surface area contributed by atoms with Crippen molar-refractivity contribution in [2.45, 2.75) is 107 Å². The normalized spacial score (nSPS) is 13.6. The topological polar surface area (TPSA) is 52.6 Å². The third kappa shape index (κ3) is 7.33. The molecule has 216 valence electrons. The summed E-state index contributed by atoms with van der Waals surface area (Å²) in [4.78, 5) is 28.7. The van der Waals surface area contributed by atoms with Crippen molar-refractivity contribution in [2.24, 2.45) is 0 Å². The van der Waals surface area contributed by atoms with Crippen molar-refractivity contribution in [3.8, 4) is 0 Å². The Kier molecular flexibility index (Phi) is 11.4. The Morgan fingerprint density at radius 2 is 1.07 bits per heavy atom. The lowest BCUT2D eigenvalue weighted by molar-refractivity contribution is 0.0976. The van der Waals surface area contributed by atoms with E-state index in [1.165, 1.54) is 0 Å². The first kappa shape index (κ1) is 31.4. The number of unbranched alkanes of at least 4 members (excludes halogenated alkanes) is 4. The van der Waals surface area contributed by atoms with Gasteiger partial charge in [-0.15, -0.1) is 0 Å². The molecule has 1 aliphatic carbocycles. The summed E-state index contributed by atoms with van der Waals surface area (Å²) >= 11 is 0. The van der Waals surface area contributed by atoms with Crippen LogP contribution in [0.15, 0.2) is 46.9 Å². The number of allylic oxidation sites excluding steroid dienone is 3.